The maximum Gasteiger partial charge on any atom is 0.313 e. The lowest BCUT2D eigenvalue weighted by Gasteiger charge is -2.09. The van der Waals surface area contributed by atoms with E-state index in [1.54, 1.807) is 6.08 Å². The number of hydrogen-bond acceptors (Lipinski definition) is 2. The van der Waals surface area contributed by atoms with Gasteiger partial charge in [0.05, 0.1) is 6.10 Å². The molecule has 0 saturated carbocycles. The van der Waals surface area contributed by atoms with Crippen molar-refractivity contribution in [1.29, 1.82) is 0 Å². The highest BCUT2D eigenvalue weighted by Gasteiger charge is 2.19. The minimum Gasteiger partial charge on any atom is -0.481 e. The second-order valence-corrected chi connectivity index (χ2v) is 3.37. The van der Waals surface area contributed by atoms with E-state index in [4.69, 9.17) is 5.11 Å². The molecule has 0 amide bonds. The van der Waals surface area contributed by atoms with Gasteiger partial charge in [-0.25, -0.2) is 0 Å². The van der Waals surface area contributed by atoms with Crippen LogP contribution in [0.5, 0.6) is 0 Å². The summed E-state index contributed by atoms with van der Waals surface area (Å²) < 4.78 is 0. The Bertz CT molecular complexity index is 341. The topological polar surface area (TPSA) is 57.5 Å². The van der Waals surface area contributed by atoms with E-state index in [1.165, 1.54) is 13.0 Å². The molecule has 1 aromatic rings. The standard InChI is InChI=1S/C12H14O3/c1-9(13)11(12(14)15)8-7-10-5-3-2-4-6-10/h2-9,11,13H,1H3,(H,14,15)/b8-7+/t9-,11+/m1/s1. The molecular formula is C12H14O3. The van der Waals surface area contributed by atoms with E-state index >= 15 is 0 Å². The van der Waals surface area contributed by atoms with Gasteiger partial charge in [-0.3, -0.25) is 4.79 Å². The molecule has 2 atom stereocenters. The summed E-state index contributed by atoms with van der Waals surface area (Å²) in [7, 11) is 0. The van der Waals surface area contributed by atoms with Crippen molar-refractivity contribution < 1.29 is 15.0 Å². The molecule has 0 radical (unpaired) electrons. The third-order valence-corrected chi connectivity index (χ3v) is 2.10. The molecule has 0 unspecified atom stereocenters. The van der Waals surface area contributed by atoms with Crippen molar-refractivity contribution in [2.24, 2.45) is 5.92 Å². The van der Waals surface area contributed by atoms with Crippen LogP contribution in [0.4, 0.5) is 0 Å². The normalized spacial score (nSPS) is 15.1. The molecule has 1 rings (SSSR count). The third kappa shape index (κ3) is 3.56. The number of hydrogen-bond donors (Lipinski definition) is 2. The monoisotopic (exact) mass is 206 g/mol. The Morgan fingerprint density at radius 3 is 2.40 bits per heavy atom. The van der Waals surface area contributed by atoms with Gasteiger partial charge in [-0.15, -0.1) is 0 Å². The van der Waals surface area contributed by atoms with Crippen LogP contribution in [0.1, 0.15) is 12.5 Å². The predicted octanol–water partition coefficient (Wildman–Crippen LogP) is 1.78. The molecule has 0 fully saturated rings. The number of rotatable bonds is 4. The van der Waals surface area contributed by atoms with E-state index in [1.807, 2.05) is 30.3 Å². The van der Waals surface area contributed by atoms with Crippen molar-refractivity contribution in [1.82, 2.24) is 0 Å². The van der Waals surface area contributed by atoms with Crippen LogP contribution in [0, 0.1) is 5.92 Å². The summed E-state index contributed by atoms with van der Waals surface area (Å²) in [5.74, 6) is -1.87. The minimum absolute atomic E-state index is 0.856. The molecule has 1 aromatic carbocycles. The average molecular weight is 206 g/mol. The van der Waals surface area contributed by atoms with Crippen LogP contribution in [-0.2, 0) is 4.79 Å². The summed E-state index contributed by atoms with van der Waals surface area (Å²) in [6.45, 7) is 1.47. The second kappa shape index (κ2) is 5.32. The third-order valence-electron chi connectivity index (χ3n) is 2.10. The Morgan fingerprint density at radius 2 is 1.93 bits per heavy atom. The number of carboxylic acids is 1. The smallest absolute Gasteiger partial charge is 0.313 e. The van der Waals surface area contributed by atoms with Crippen LogP contribution >= 0.6 is 0 Å². The zero-order valence-corrected chi connectivity index (χ0v) is 8.50. The first-order valence-electron chi connectivity index (χ1n) is 4.75. The van der Waals surface area contributed by atoms with Gasteiger partial charge in [0.2, 0.25) is 0 Å². The van der Waals surface area contributed by atoms with Gasteiger partial charge in [-0.2, -0.15) is 0 Å². The van der Waals surface area contributed by atoms with Crippen molar-refractivity contribution in [3.8, 4) is 0 Å². The van der Waals surface area contributed by atoms with E-state index in [2.05, 4.69) is 0 Å². The van der Waals surface area contributed by atoms with E-state index in [0.717, 1.165) is 5.56 Å². The number of aliphatic carboxylic acids is 1. The van der Waals surface area contributed by atoms with Gasteiger partial charge in [0.15, 0.2) is 0 Å². The van der Waals surface area contributed by atoms with Gasteiger partial charge in [-0.05, 0) is 12.5 Å². The highest BCUT2D eigenvalue weighted by Crippen LogP contribution is 2.09. The van der Waals surface area contributed by atoms with Crippen molar-refractivity contribution in [2.45, 2.75) is 13.0 Å². The summed E-state index contributed by atoms with van der Waals surface area (Å²) in [5, 5.41) is 18.0. The Balaban J connectivity index is 2.75. The lowest BCUT2D eigenvalue weighted by Crippen LogP contribution is -2.23. The highest BCUT2D eigenvalue weighted by molar-refractivity contribution is 5.74. The first-order chi connectivity index (χ1) is 7.11. The molecule has 3 nitrogen and oxygen atoms in total. The van der Waals surface area contributed by atoms with Gasteiger partial charge in [0.25, 0.3) is 0 Å². The van der Waals surface area contributed by atoms with Crippen molar-refractivity contribution in [2.75, 3.05) is 0 Å². The Morgan fingerprint density at radius 1 is 1.33 bits per heavy atom. The fraction of sp³-hybridized carbons (Fsp3) is 0.250. The Kier molecular flexibility index (Phi) is 4.06. The Labute approximate surface area is 88.7 Å². The van der Waals surface area contributed by atoms with Gasteiger partial charge in [-0.1, -0.05) is 42.5 Å². The van der Waals surface area contributed by atoms with Crippen molar-refractivity contribution in [3.05, 3.63) is 42.0 Å². The molecule has 80 valence electrons. The molecular weight excluding hydrogens is 192 g/mol. The van der Waals surface area contributed by atoms with E-state index in [9.17, 15) is 9.90 Å². The van der Waals surface area contributed by atoms with Gasteiger partial charge in [0.1, 0.15) is 5.92 Å². The lowest BCUT2D eigenvalue weighted by molar-refractivity contribution is -0.142. The summed E-state index contributed by atoms with van der Waals surface area (Å²) in [6.07, 6.45) is 2.32. The highest BCUT2D eigenvalue weighted by atomic mass is 16.4. The quantitative estimate of drug-likeness (QED) is 0.789. The molecule has 0 aliphatic heterocycles. The molecule has 2 N–H and O–H groups in total. The average Bonchev–Trinajstić information content (AvgIpc) is 2.18. The number of carboxylic acid groups (broad SMARTS) is 1. The zero-order valence-electron chi connectivity index (χ0n) is 8.50. The fourth-order valence-electron chi connectivity index (χ4n) is 1.23. The van der Waals surface area contributed by atoms with Crippen molar-refractivity contribution in [3.63, 3.8) is 0 Å². The van der Waals surface area contributed by atoms with Crippen molar-refractivity contribution >= 4 is 12.0 Å². The summed E-state index contributed by atoms with van der Waals surface area (Å²) in [5.41, 5.74) is 0.921. The van der Waals surface area contributed by atoms with Gasteiger partial charge in [0, 0.05) is 0 Å². The second-order valence-electron chi connectivity index (χ2n) is 3.37. The number of aliphatic hydroxyl groups excluding tert-OH is 1. The number of aliphatic hydroxyl groups is 1. The maximum atomic E-state index is 10.8. The maximum absolute atomic E-state index is 10.8. The molecule has 0 spiro atoms. The minimum atomic E-state index is -1.02. The van der Waals surface area contributed by atoms with Gasteiger partial charge >= 0.3 is 5.97 Å². The fourth-order valence-corrected chi connectivity index (χ4v) is 1.23. The van der Waals surface area contributed by atoms with E-state index < -0.39 is 18.0 Å². The van der Waals surface area contributed by atoms with Crippen LogP contribution in [0.15, 0.2) is 36.4 Å². The van der Waals surface area contributed by atoms with Crippen LogP contribution in [0.25, 0.3) is 6.08 Å². The SMILES string of the molecule is C[C@@H](O)[C@H](/C=C/c1ccccc1)C(=O)O. The molecule has 0 bridgehead atoms. The molecule has 0 aromatic heterocycles. The molecule has 15 heavy (non-hydrogen) atoms. The lowest BCUT2D eigenvalue weighted by atomic mass is 10.0. The van der Waals surface area contributed by atoms with Crippen LogP contribution in [-0.4, -0.2) is 22.3 Å². The van der Waals surface area contributed by atoms with Crippen LogP contribution in [0.3, 0.4) is 0 Å². The Hall–Kier alpha value is -1.61. The van der Waals surface area contributed by atoms with E-state index in [0.29, 0.717) is 0 Å². The number of carbonyl (C=O) groups is 1. The summed E-state index contributed by atoms with van der Waals surface area (Å²) in [4.78, 5) is 10.8. The van der Waals surface area contributed by atoms with E-state index in [-0.39, 0.29) is 0 Å². The zero-order chi connectivity index (χ0) is 11.3. The molecule has 0 heterocycles. The van der Waals surface area contributed by atoms with Crippen LogP contribution < -0.4 is 0 Å². The first kappa shape index (κ1) is 11.5. The molecule has 3 heteroatoms. The van der Waals surface area contributed by atoms with Gasteiger partial charge < -0.3 is 10.2 Å². The molecule has 0 aliphatic carbocycles. The number of benzene rings is 1. The molecule has 0 aliphatic rings. The predicted molar refractivity (Wildman–Crippen MR) is 58.3 cm³/mol. The molecule has 0 saturated heterocycles. The first-order valence-corrected chi connectivity index (χ1v) is 4.75. The largest absolute Gasteiger partial charge is 0.481 e. The van der Waals surface area contributed by atoms with Crippen LogP contribution in [0.2, 0.25) is 0 Å². The summed E-state index contributed by atoms with van der Waals surface area (Å²) >= 11 is 0. The summed E-state index contributed by atoms with van der Waals surface area (Å²) in [6, 6.07) is 9.38.